The van der Waals surface area contributed by atoms with Crippen molar-refractivity contribution in [1.29, 1.82) is 0 Å². The minimum atomic E-state index is -0.647. The first kappa shape index (κ1) is 13.7. The number of nitro groups is 1. The van der Waals surface area contributed by atoms with Crippen LogP contribution in [0.5, 0.6) is 11.6 Å². The number of hydrogen-bond donors (Lipinski definition) is 0. The Morgan fingerprint density at radius 2 is 1.95 bits per heavy atom. The van der Waals surface area contributed by atoms with E-state index in [4.69, 9.17) is 39.5 Å². The fourth-order valence-corrected chi connectivity index (χ4v) is 1.57. The van der Waals surface area contributed by atoms with E-state index < -0.39 is 4.92 Å². The Bertz CT molecular complexity index is 653. The number of aromatic nitrogens is 3. The van der Waals surface area contributed by atoms with Crippen molar-refractivity contribution in [3.05, 3.63) is 43.8 Å². The van der Waals surface area contributed by atoms with E-state index in [0.29, 0.717) is 0 Å². The molecule has 2 aromatic rings. The van der Waals surface area contributed by atoms with Gasteiger partial charge in [-0.15, -0.1) is 10.2 Å². The van der Waals surface area contributed by atoms with E-state index in [1.807, 2.05) is 0 Å². The predicted molar refractivity (Wildman–Crippen MR) is 68.0 cm³/mol. The smallest absolute Gasteiger partial charge is 0.313 e. The molecule has 0 aliphatic rings. The third-order valence-corrected chi connectivity index (χ3v) is 2.55. The molecule has 0 atom stereocenters. The summed E-state index contributed by atoms with van der Waals surface area (Å²) in [5.41, 5.74) is -0.335. The van der Waals surface area contributed by atoms with Gasteiger partial charge in [-0.05, 0) is 23.7 Å². The first-order valence-electron chi connectivity index (χ1n) is 4.65. The Kier molecular flexibility index (Phi) is 3.98. The van der Waals surface area contributed by atoms with Crippen LogP contribution in [0.15, 0.2) is 18.2 Å². The van der Waals surface area contributed by atoms with Crippen molar-refractivity contribution in [1.82, 2.24) is 15.2 Å². The summed E-state index contributed by atoms with van der Waals surface area (Å²) in [6, 6.07) is 3.88. The summed E-state index contributed by atoms with van der Waals surface area (Å²) < 4.78 is 5.21. The average Bonchev–Trinajstić information content (AvgIpc) is 2.35. The molecule has 0 N–H and O–H groups in total. The monoisotopic (exact) mass is 320 g/mol. The minimum Gasteiger partial charge on any atom is -0.429 e. The molecule has 0 bridgehead atoms. The Balaban J connectivity index is 2.43. The molecule has 0 amide bonds. The van der Waals surface area contributed by atoms with Gasteiger partial charge in [-0.3, -0.25) is 10.1 Å². The molecule has 0 radical (unpaired) electrons. The zero-order valence-electron chi connectivity index (χ0n) is 8.88. The highest BCUT2D eigenvalue weighted by Gasteiger charge is 2.19. The molecule has 0 fully saturated rings. The van der Waals surface area contributed by atoms with Gasteiger partial charge in [0.05, 0.1) is 4.92 Å². The van der Waals surface area contributed by atoms with Gasteiger partial charge < -0.3 is 4.74 Å². The van der Waals surface area contributed by atoms with Gasteiger partial charge in [-0.2, -0.15) is 4.98 Å². The zero-order valence-corrected chi connectivity index (χ0v) is 11.1. The van der Waals surface area contributed by atoms with E-state index in [2.05, 4.69) is 15.2 Å². The molecular formula is C9H3Cl3N4O3. The van der Waals surface area contributed by atoms with Gasteiger partial charge in [-0.25, -0.2) is 0 Å². The van der Waals surface area contributed by atoms with Crippen molar-refractivity contribution in [3.8, 4) is 11.6 Å². The van der Waals surface area contributed by atoms with E-state index in [-0.39, 0.29) is 32.8 Å². The fraction of sp³-hybridized carbons (Fsp3) is 0. The van der Waals surface area contributed by atoms with Crippen LogP contribution in [0.4, 0.5) is 5.69 Å². The van der Waals surface area contributed by atoms with Gasteiger partial charge in [0, 0.05) is 11.1 Å². The second-order valence-electron chi connectivity index (χ2n) is 3.15. The largest absolute Gasteiger partial charge is 0.429 e. The zero-order chi connectivity index (χ0) is 14.0. The molecule has 1 aromatic carbocycles. The second-order valence-corrected chi connectivity index (χ2v) is 4.28. The lowest BCUT2D eigenvalue weighted by atomic mass is 10.3. The van der Waals surface area contributed by atoms with Gasteiger partial charge in [0.2, 0.25) is 16.2 Å². The molecule has 1 aromatic heterocycles. The molecular weight excluding hydrogens is 318 g/mol. The van der Waals surface area contributed by atoms with Crippen LogP contribution in [0, 0.1) is 10.1 Å². The highest BCUT2D eigenvalue weighted by molar-refractivity contribution is 6.31. The van der Waals surface area contributed by atoms with E-state index in [9.17, 15) is 10.1 Å². The molecule has 0 aliphatic carbocycles. The summed E-state index contributed by atoms with van der Waals surface area (Å²) in [5.74, 6) is -0.278. The van der Waals surface area contributed by atoms with Crippen LogP contribution in [0.1, 0.15) is 0 Å². The maximum atomic E-state index is 10.9. The molecule has 0 spiro atoms. The summed E-state index contributed by atoms with van der Waals surface area (Å²) in [4.78, 5) is 13.9. The van der Waals surface area contributed by atoms with Crippen molar-refractivity contribution in [2.75, 3.05) is 0 Å². The predicted octanol–water partition coefficient (Wildman–Crippen LogP) is 3.53. The van der Waals surface area contributed by atoms with E-state index in [0.717, 1.165) is 6.07 Å². The standard InChI is InChI=1S/C9H3Cl3N4O3/c10-4-1-2-6(5(3-4)16(17)18)19-8-7(11)14-15-9(12)13-8/h1-3H. The van der Waals surface area contributed by atoms with E-state index >= 15 is 0 Å². The number of nitrogens with zero attached hydrogens (tertiary/aromatic N) is 4. The lowest BCUT2D eigenvalue weighted by Gasteiger charge is -2.06. The number of hydrogen-bond acceptors (Lipinski definition) is 6. The maximum Gasteiger partial charge on any atom is 0.313 e. The molecule has 2 rings (SSSR count). The fourth-order valence-electron chi connectivity index (χ4n) is 1.17. The van der Waals surface area contributed by atoms with Crippen LogP contribution in [0.2, 0.25) is 15.5 Å². The molecule has 98 valence electrons. The van der Waals surface area contributed by atoms with Crippen molar-refractivity contribution >= 4 is 40.5 Å². The van der Waals surface area contributed by atoms with E-state index in [1.165, 1.54) is 12.1 Å². The SMILES string of the molecule is O=[N+]([O-])c1cc(Cl)ccc1Oc1nc(Cl)nnc1Cl. The van der Waals surface area contributed by atoms with Gasteiger partial charge in [0.1, 0.15) is 0 Å². The summed E-state index contributed by atoms with van der Waals surface area (Å²) in [5, 5.41) is 17.6. The van der Waals surface area contributed by atoms with Gasteiger partial charge in [0.25, 0.3) is 5.88 Å². The third-order valence-electron chi connectivity index (χ3n) is 1.91. The van der Waals surface area contributed by atoms with Crippen LogP contribution < -0.4 is 4.74 Å². The van der Waals surface area contributed by atoms with E-state index in [1.54, 1.807) is 0 Å². The highest BCUT2D eigenvalue weighted by atomic mass is 35.5. The first-order valence-corrected chi connectivity index (χ1v) is 5.78. The number of benzene rings is 1. The Hall–Kier alpha value is -1.70. The lowest BCUT2D eigenvalue weighted by molar-refractivity contribution is -0.385. The maximum absolute atomic E-state index is 10.9. The van der Waals surface area contributed by atoms with Gasteiger partial charge in [0.15, 0.2) is 0 Å². The molecule has 0 saturated carbocycles. The van der Waals surface area contributed by atoms with Crippen molar-refractivity contribution < 1.29 is 9.66 Å². The Morgan fingerprint density at radius 3 is 2.63 bits per heavy atom. The normalized spacial score (nSPS) is 10.3. The first-order chi connectivity index (χ1) is 8.97. The quantitative estimate of drug-likeness (QED) is 0.634. The number of ether oxygens (including phenoxy) is 1. The molecule has 0 aliphatic heterocycles. The molecule has 0 unspecified atom stereocenters. The lowest BCUT2D eigenvalue weighted by Crippen LogP contribution is -1.97. The highest BCUT2D eigenvalue weighted by Crippen LogP contribution is 2.34. The molecule has 1 heterocycles. The van der Waals surface area contributed by atoms with Crippen LogP contribution >= 0.6 is 34.8 Å². The summed E-state index contributed by atoms with van der Waals surface area (Å²) in [6.45, 7) is 0. The third kappa shape index (κ3) is 3.19. The number of rotatable bonds is 3. The topological polar surface area (TPSA) is 91.0 Å². The Morgan fingerprint density at radius 1 is 1.21 bits per heavy atom. The number of nitro benzene ring substituents is 1. The summed E-state index contributed by atoms with van der Waals surface area (Å²) in [6.07, 6.45) is 0. The second kappa shape index (κ2) is 5.52. The van der Waals surface area contributed by atoms with Crippen LogP contribution in [-0.2, 0) is 0 Å². The summed E-state index contributed by atoms with van der Waals surface area (Å²) in [7, 11) is 0. The number of halogens is 3. The van der Waals surface area contributed by atoms with Crippen LogP contribution in [0.25, 0.3) is 0 Å². The average molecular weight is 322 g/mol. The van der Waals surface area contributed by atoms with Crippen molar-refractivity contribution in [3.63, 3.8) is 0 Å². The molecule has 7 nitrogen and oxygen atoms in total. The molecule has 10 heteroatoms. The minimum absolute atomic E-state index is 0.0899. The van der Waals surface area contributed by atoms with Gasteiger partial charge >= 0.3 is 5.69 Å². The molecule has 0 saturated heterocycles. The van der Waals surface area contributed by atoms with Crippen LogP contribution in [0.3, 0.4) is 0 Å². The summed E-state index contributed by atoms with van der Waals surface area (Å²) >= 11 is 16.9. The van der Waals surface area contributed by atoms with Gasteiger partial charge in [-0.1, -0.05) is 23.2 Å². The van der Waals surface area contributed by atoms with Crippen LogP contribution in [-0.4, -0.2) is 20.1 Å². The Labute approximate surface area is 121 Å². The van der Waals surface area contributed by atoms with Crippen molar-refractivity contribution in [2.24, 2.45) is 0 Å². The molecule has 19 heavy (non-hydrogen) atoms. The van der Waals surface area contributed by atoms with Crippen molar-refractivity contribution in [2.45, 2.75) is 0 Å².